The standard InChI is InChI=1S/C18H19F4N7O/c19-13(20)9-29-17-12(6-26-29)25-7-14(27-17)28-5-1-2-11(8-28)10-30-18-15(16(21)22)23-3-4-24-18/h3-4,6-7,11,13,16H,1-2,5,8-10H2. The minimum Gasteiger partial charge on any atom is -0.476 e. The lowest BCUT2D eigenvalue weighted by Crippen LogP contribution is -2.38. The van der Waals surface area contributed by atoms with E-state index in [0.717, 1.165) is 17.5 Å². The summed E-state index contributed by atoms with van der Waals surface area (Å²) in [5.41, 5.74) is 0.263. The van der Waals surface area contributed by atoms with Crippen LogP contribution in [0.15, 0.2) is 24.8 Å². The Bertz CT molecular complexity index is 1000. The molecule has 1 aliphatic rings. The maximum Gasteiger partial charge on any atom is 0.285 e. The maximum absolute atomic E-state index is 13.0. The van der Waals surface area contributed by atoms with Crippen LogP contribution < -0.4 is 9.64 Å². The summed E-state index contributed by atoms with van der Waals surface area (Å²) in [6.45, 7) is 0.928. The highest BCUT2D eigenvalue weighted by Gasteiger charge is 2.24. The van der Waals surface area contributed by atoms with Crippen LogP contribution >= 0.6 is 0 Å². The molecule has 1 fully saturated rings. The first-order chi connectivity index (χ1) is 14.5. The van der Waals surface area contributed by atoms with Gasteiger partial charge in [0.05, 0.1) is 19.0 Å². The molecule has 3 aromatic heterocycles. The Balaban J connectivity index is 1.45. The second-order valence-electron chi connectivity index (χ2n) is 6.97. The first-order valence-corrected chi connectivity index (χ1v) is 9.44. The van der Waals surface area contributed by atoms with Crippen LogP contribution in [0.4, 0.5) is 23.4 Å². The summed E-state index contributed by atoms with van der Waals surface area (Å²) in [6, 6.07) is 0. The molecule has 0 amide bonds. The fourth-order valence-corrected chi connectivity index (χ4v) is 3.46. The summed E-state index contributed by atoms with van der Waals surface area (Å²) in [4.78, 5) is 18.2. The number of ether oxygens (including phenoxy) is 1. The minimum atomic E-state index is -2.77. The smallest absolute Gasteiger partial charge is 0.285 e. The predicted molar refractivity (Wildman–Crippen MR) is 98.7 cm³/mol. The van der Waals surface area contributed by atoms with Crippen molar-refractivity contribution < 1.29 is 22.3 Å². The van der Waals surface area contributed by atoms with E-state index >= 15 is 0 Å². The van der Waals surface area contributed by atoms with Gasteiger partial charge < -0.3 is 9.64 Å². The van der Waals surface area contributed by atoms with Crippen molar-refractivity contribution in [2.24, 2.45) is 5.92 Å². The Hall–Kier alpha value is -3.05. The van der Waals surface area contributed by atoms with Crippen LogP contribution in [0.2, 0.25) is 0 Å². The van der Waals surface area contributed by atoms with Gasteiger partial charge >= 0.3 is 0 Å². The topological polar surface area (TPSA) is 81.9 Å². The maximum atomic E-state index is 13.0. The van der Waals surface area contributed by atoms with Crippen LogP contribution in [0.1, 0.15) is 25.0 Å². The summed E-state index contributed by atoms with van der Waals surface area (Å²) in [5, 5.41) is 3.92. The molecule has 0 spiro atoms. The number of halogens is 4. The van der Waals surface area contributed by atoms with Crippen LogP contribution in [0.25, 0.3) is 11.2 Å². The number of hydrogen-bond acceptors (Lipinski definition) is 7. The van der Waals surface area contributed by atoms with Gasteiger partial charge in [-0.25, -0.2) is 42.2 Å². The van der Waals surface area contributed by atoms with Crippen molar-refractivity contribution >= 4 is 17.0 Å². The number of rotatable bonds is 7. The highest BCUT2D eigenvalue weighted by atomic mass is 19.3. The van der Waals surface area contributed by atoms with Crippen molar-refractivity contribution in [1.29, 1.82) is 0 Å². The summed E-state index contributed by atoms with van der Waals surface area (Å²) in [6.07, 6.45) is 1.86. The molecular weight excluding hydrogens is 406 g/mol. The molecular formula is C18H19F4N7O. The molecule has 1 atom stereocenters. The van der Waals surface area contributed by atoms with Crippen molar-refractivity contribution in [3.8, 4) is 5.88 Å². The zero-order chi connectivity index (χ0) is 21.1. The summed E-state index contributed by atoms with van der Waals surface area (Å²) < 4.78 is 58.2. The third-order valence-corrected chi connectivity index (χ3v) is 4.84. The number of fused-ring (bicyclic) bond motifs is 1. The van der Waals surface area contributed by atoms with Gasteiger partial charge in [-0.3, -0.25) is 0 Å². The fraction of sp³-hybridized carbons (Fsp3) is 0.500. The van der Waals surface area contributed by atoms with Crippen LogP contribution in [0.5, 0.6) is 5.88 Å². The predicted octanol–water partition coefficient (Wildman–Crippen LogP) is 3.11. The summed E-state index contributed by atoms with van der Waals surface area (Å²) in [5.74, 6) is 0.437. The molecule has 0 aromatic carbocycles. The molecule has 3 aromatic rings. The number of aromatic nitrogens is 6. The highest BCUT2D eigenvalue weighted by molar-refractivity contribution is 5.71. The van der Waals surface area contributed by atoms with E-state index in [1.807, 2.05) is 4.90 Å². The van der Waals surface area contributed by atoms with Crippen LogP contribution in [-0.4, -0.2) is 55.8 Å². The molecule has 0 N–H and O–H groups in total. The number of alkyl halides is 4. The van der Waals surface area contributed by atoms with E-state index < -0.39 is 25.1 Å². The average Bonchev–Trinajstić information content (AvgIpc) is 3.14. The van der Waals surface area contributed by atoms with Gasteiger partial charge in [0.25, 0.3) is 12.9 Å². The lowest BCUT2D eigenvalue weighted by Gasteiger charge is -2.33. The Labute approximate surface area is 168 Å². The molecule has 0 radical (unpaired) electrons. The van der Waals surface area contributed by atoms with Gasteiger partial charge in [0.15, 0.2) is 11.3 Å². The first kappa shape index (κ1) is 20.2. The van der Waals surface area contributed by atoms with Crippen molar-refractivity contribution in [3.05, 3.63) is 30.5 Å². The average molecular weight is 425 g/mol. The van der Waals surface area contributed by atoms with Crippen molar-refractivity contribution in [3.63, 3.8) is 0 Å². The zero-order valence-corrected chi connectivity index (χ0v) is 15.8. The van der Waals surface area contributed by atoms with Gasteiger partial charge in [-0.1, -0.05) is 0 Å². The van der Waals surface area contributed by atoms with E-state index in [-0.39, 0.29) is 18.4 Å². The lowest BCUT2D eigenvalue weighted by molar-refractivity contribution is 0.123. The Morgan fingerprint density at radius 1 is 1.10 bits per heavy atom. The molecule has 1 aliphatic heterocycles. The minimum absolute atomic E-state index is 0.0507. The van der Waals surface area contributed by atoms with Gasteiger partial charge in [0.2, 0.25) is 5.88 Å². The molecule has 4 rings (SSSR count). The fourth-order valence-electron chi connectivity index (χ4n) is 3.46. The second kappa shape index (κ2) is 8.76. The van der Waals surface area contributed by atoms with Crippen LogP contribution in [-0.2, 0) is 6.54 Å². The molecule has 30 heavy (non-hydrogen) atoms. The molecule has 160 valence electrons. The third kappa shape index (κ3) is 4.41. The quantitative estimate of drug-likeness (QED) is 0.538. The van der Waals surface area contributed by atoms with E-state index in [1.54, 1.807) is 6.20 Å². The van der Waals surface area contributed by atoms with E-state index in [2.05, 4.69) is 25.0 Å². The first-order valence-electron chi connectivity index (χ1n) is 9.44. The number of nitrogens with zero attached hydrogens (tertiary/aromatic N) is 7. The van der Waals surface area contributed by atoms with Gasteiger partial charge in [-0.2, -0.15) is 5.10 Å². The third-order valence-electron chi connectivity index (χ3n) is 4.84. The van der Waals surface area contributed by atoms with Gasteiger partial charge in [0, 0.05) is 31.4 Å². The Kier molecular flexibility index (Phi) is 5.91. The van der Waals surface area contributed by atoms with Crippen molar-refractivity contribution in [2.75, 3.05) is 24.6 Å². The number of hydrogen-bond donors (Lipinski definition) is 0. The molecule has 1 saturated heterocycles. The normalized spacial score (nSPS) is 17.3. The second-order valence-corrected chi connectivity index (χ2v) is 6.97. The summed E-state index contributed by atoms with van der Waals surface area (Å²) in [7, 11) is 0. The van der Waals surface area contributed by atoms with Gasteiger partial charge in [0.1, 0.15) is 17.9 Å². The highest BCUT2D eigenvalue weighted by Crippen LogP contribution is 2.27. The number of piperidine rings is 1. The van der Waals surface area contributed by atoms with E-state index in [1.165, 1.54) is 18.6 Å². The molecule has 0 bridgehead atoms. The Morgan fingerprint density at radius 2 is 1.93 bits per heavy atom. The zero-order valence-electron chi connectivity index (χ0n) is 15.8. The van der Waals surface area contributed by atoms with Crippen LogP contribution in [0, 0.1) is 5.92 Å². The van der Waals surface area contributed by atoms with Crippen molar-refractivity contribution in [2.45, 2.75) is 32.2 Å². The van der Waals surface area contributed by atoms with Crippen molar-refractivity contribution in [1.82, 2.24) is 29.7 Å². The lowest BCUT2D eigenvalue weighted by atomic mass is 9.99. The van der Waals surface area contributed by atoms with Crippen LogP contribution in [0.3, 0.4) is 0 Å². The molecule has 12 heteroatoms. The molecule has 1 unspecified atom stereocenters. The monoisotopic (exact) mass is 425 g/mol. The van der Waals surface area contributed by atoms with E-state index in [0.29, 0.717) is 30.1 Å². The number of anilines is 1. The van der Waals surface area contributed by atoms with Gasteiger partial charge in [-0.05, 0) is 12.8 Å². The largest absolute Gasteiger partial charge is 0.476 e. The SMILES string of the molecule is FC(F)Cn1ncc2ncc(N3CCCC(COc4nccnc4C(F)F)C3)nc21. The Morgan fingerprint density at radius 3 is 2.73 bits per heavy atom. The molecule has 4 heterocycles. The van der Waals surface area contributed by atoms with Gasteiger partial charge in [-0.15, -0.1) is 0 Å². The van der Waals surface area contributed by atoms with E-state index in [4.69, 9.17) is 4.74 Å². The molecule has 0 aliphatic carbocycles. The molecule has 8 nitrogen and oxygen atoms in total. The molecule has 0 saturated carbocycles. The van der Waals surface area contributed by atoms with E-state index in [9.17, 15) is 17.6 Å². The summed E-state index contributed by atoms with van der Waals surface area (Å²) >= 11 is 0.